The van der Waals surface area contributed by atoms with Gasteiger partial charge in [0.25, 0.3) is 5.91 Å². The molecule has 122 valence electrons. The van der Waals surface area contributed by atoms with Crippen LogP contribution in [0.2, 0.25) is 0 Å². The van der Waals surface area contributed by atoms with Gasteiger partial charge in [0.2, 0.25) is 0 Å². The normalized spacial score (nSPS) is 17.2. The highest BCUT2D eigenvalue weighted by Crippen LogP contribution is 2.25. The minimum atomic E-state index is -0.120. The summed E-state index contributed by atoms with van der Waals surface area (Å²) < 4.78 is 10.7. The summed E-state index contributed by atoms with van der Waals surface area (Å²) in [6.07, 6.45) is 1.01. The molecule has 5 nitrogen and oxygen atoms in total. The number of carbonyl (C=O) groups is 1. The van der Waals surface area contributed by atoms with Gasteiger partial charge in [-0.05, 0) is 37.6 Å². The first kappa shape index (κ1) is 16.0. The van der Waals surface area contributed by atoms with E-state index >= 15 is 0 Å². The van der Waals surface area contributed by atoms with Crippen molar-refractivity contribution in [3.8, 4) is 16.3 Å². The van der Waals surface area contributed by atoms with Crippen molar-refractivity contribution in [2.45, 2.75) is 13.3 Å². The lowest BCUT2D eigenvalue weighted by Crippen LogP contribution is -2.29. The molecule has 6 heteroatoms. The molecule has 1 fully saturated rings. The van der Waals surface area contributed by atoms with Crippen LogP contribution in [-0.2, 0) is 4.74 Å². The van der Waals surface area contributed by atoms with Gasteiger partial charge in [-0.15, -0.1) is 11.3 Å². The molecule has 0 bridgehead atoms. The molecule has 1 aliphatic rings. The maximum atomic E-state index is 12.2. The molecule has 1 aromatic carbocycles. The van der Waals surface area contributed by atoms with E-state index in [0.717, 1.165) is 36.0 Å². The van der Waals surface area contributed by atoms with Crippen LogP contribution in [0.5, 0.6) is 5.75 Å². The zero-order valence-electron chi connectivity index (χ0n) is 13.1. The molecule has 1 saturated heterocycles. The van der Waals surface area contributed by atoms with Crippen LogP contribution in [0.4, 0.5) is 0 Å². The maximum Gasteiger partial charge on any atom is 0.270 e. The molecule has 3 rings (SSSR count). The van der Waals surface area contributed by atoms with Gasteiger partial charge in [-0.2, -0.15) is 0 Å². The Hall–Kier alpha value is -1.92. The lowest BCUT2D eigenvalue weighted by atomic mass is 10.1. The SMILES string of the molecule is CCOc1ccc(-c2nc(C(=O)NC[C@H]3CCOC3)cs2)cc1. The summed E-state index contributed by atoms with van der Waals surface area (Å²) in [5.41, 5.74) is 1.46. The number of rotatable bonds is 6. The van der Waals surface area contributed by atoms with E-state index in [1.54, 1.807) is 5.38 Å². The van der Waals surface area contributed by atoms with Crippen molar-refractivity contribution in [2.24, 2.45) is 5.92 Å². The summed E-state index contributed by atoms with van der Waals surface area (Å²) in [5.74, 6) is 1.14. The van der Waals surface area contributed by atoms with Gasteiger partial charge >= 0.3 is 0 Å². The molecule has 0 spiro atoms. The standard InChI is InChI=1S/C17H20N2O3S/c1-2-22-14-5-3-13(4-6-14)17-19-15(11-23-17)16(20)18-9-12-7-8-21-10-12/h3-6,11-12H,2,7-10H2,1H3,(H,18,20)/t12-/m1/s1. The van der Waals surface area contributed by atoms with Crippen LogP contribution in [0.25, 0.3) is 10.6 Å². The minimum Gasteiger partial charge on any atom is -0.494 e. The van der Waals surface area contributed by atoms with Crippen LogP contribution >= 0.6 is 11.3 Å². The quantitative estimate of drug-likeness (QED) is 0.883. The molecule has 1 aromatic heterocycles. The van der Waals surface area contributed by atoms with Crippen molar-refractivity contribution in [1.82, 2.24) is 10.3 Å². The molecule has 1 atom stereocenters. The molecule has 1 amide bonds. The summed E-state index contributed by atoms with van der Waals surface area (Å²) in [5, 5.41) is 5.57. The first-order valence-corrected chi connectivity index (χ1v) is 8.69. The molecule has 2 aromatic rings. The van der Waals surface area contributed by atoms with Crippen LogP contribution < -0.4 is 10.1 Å². The van der Waals surface area contributed by atoms with Crippen molar-refractivity contribution >= 4 is 17.2 Å². The summed E-state index contributed by atoms with van der Waals surface area (Å²) >= 11 is 1.47. The number of hydrogen-bond donors (Lipinski definition) is 1. The van der Waals surface area contributed by atoms with Gasteiger partial charge in [-0.25, -0.2) is 4.98 Å². The molecule has 23 heavy (non-hydrogen) atoms. The number of hydrogen-bond acceptors (Lipinski definition) is 5. The monoisotopic (exact) mass is 332 g/mol. The van der Waals surface area contributed by atoms with Crippen molar-refractivity contribution in [3.63, 3.8) is 0 Å². The van der Waals surface area contributed by atoms with Gasteiger partial charge in [0, 0.05) is 30.0 Å². The van der Waals surface area contributed by atoms with E-state index in [0.29, 0.717) is 24.8 Å². The zero-order chi connectivity index (χ0) is 16.1. The number of carbonyl (C=O) groups excluding carboxylic acids is 1. The van der Waals surface area contributed by atoms with E-state index in [1.807, 2.05) is 31.2 Å². The van der Waals surface area contributed by atoms with Crippen molar-refractivity contribution in [2.75, 3.05) is 26.4 Å². The second-order valence-electron chi connectivity index (χ2n) is 5.43. The Morgan fingerprint density at radius 1 is 1.43 bits per heavy atom. The largest absolute Gasteiger partial charge is 0.494 e. The van der Waals surface area contributed by atoms with Gasteiger partial charge in [-0.1, -0.05) is 0 Å². The highest BCUT2D eigenvalue weighted by molar-refractivity contribution is 7.13. The van der Waals surface area contributed by atoms with E-state index in [2.05, 4.69) is 10.3 Å². The summed E-state index contributed by atoms with van der Waals surface area (Å²) in [6, 6.07) is 7.75. The third-order valence-corrected chi connectivity index (χ3v) is 4.62. The Labute approximate surface area is 139 Å². The number of nitrogens with zero attached hydrogens (tertiary/aromatic N) is 1. The average molecular weight is 332 g/mol. The second-order valence-corrected chi connectivity index (χ2v) is 6.29. The Morgan fingerprint density at radius 3 is 2.96 bits per heavy atom. The van der Waals surface area contributed by atoms with Gasteiger partial charge in [0.15, 0.2) is 0 Å². The molecule has 2 heterocycles. The number of benzene rings is 1. The minimum absolute atomic E-state index is 0.120. The van der Waals surface area contributed by atoms with E-state index in [4.69, 9.17) is 9.47 Å². The van der Waals surface area contributed by atoms with Gasteiger partial charge < -0.3 is 14.8 Å². The van der Waals surface area contributed by atoms with E-state index in [-0.39, 0.29) is 5.91 Å². The maximum absolute atomic E-state index is 12.2. The molecule has 0 saturated carbocycles. The fourth-order valence-electron chi connectivity index (χ4n) is 2.44. The number of thiazole rings is 1. The molecule has 0 aliphatic carbocycles. The molecular weight excluding hydrogens is 312 g/mol. The highest BCUT2D eigenvalue weighted by Gasteiger charge is 2.18. The van der Waals surface area contributed by atoms with Gasteiger partial charge in [-0.3, -0.25) is 4.79 Å². The molecule has 1 aliphatic heterocycles. The fourth-order valence-corrected chi connectivity index (χ4v) is 3.25. The van der Waals surface area contributed by atoms with Crippen LogP contribution in [-0.4, -0.2) is 37.3 Å². The zero-order valence-corrected chi connectivity index (χ0v) is 13.9. The van der Waals surface area contributed by atoms with Crippen molar-refractivity contribution < 1.29 is 14.3 Å². The number of amides is 1. The van der Waals surface area contributed by atoms with Crippen LogP contribution in [0, 0.1) is 5.92 Å². The van der Waals surface area contributed by atoms with Crippen LogP contribution in [0.1, 0.15) is 23.8 Å². The van der Waals surface area contributed by atoms with Crippen molar-refractivity contribution in [1.29, 1.82) is 0 Å². The smallest absolute Gasteiger partial charge is 0.270 e. The Balaban J connectivity index is 1.61. The summed E-state index contributed by atoms with van der Waals surface area (Å²) in [7, 11) is 0. The van der Waals surface area contributed by atoms with Crippen LogP contribution in [0.3, 0.4) is 0 Å². The lowest BCUT2D eigenvalue weighted by Gasteiger charge is -2.07. The average Bonchev–Trinajstić information content (AvgIpc) is 3.25. The lowest BCUT2D eigenvalue weighted by molar-refractivity contribution is 0.0941. The Kier molecular flexibility index (Phi) is 5.25. The Bertz CT molecular complexity index is 648. The summed E-state index contributed by atoms with van der Waals surface area (Å²) in [6.45, 7) is 4.77. The fraction of sp³-hybridized carbons (Fsp3) is 0.412. The number of ether oxygens (including phenoxy) is 2. The molecule has 1 N–H and O–H groups in total. The Morgan fingerprint density at radius 2 is 2.26 bits per heavy atom. The second kappa shape index (κ2) is 7.57. The third-order valence-electron chi connectivity index (χ3n) is 3.72. The number of nitrogens with one attached hydrogen (secondary N) is 1. The first-order valence-electron chi connectivity index (χ1n) is 7.81. The molecular formula is C17H20N2O3S. The first-order chi connectivity index (χ1) is 11.3. The third kappa shape index (κ3) is 4.09. The highest BCUT2D eigenvalue weighted by atomic mass is 32.1. The van der Waals surface area contributed by atoms with Gasteiger partial charge in [0.1, 0.15) is 16.5 Å². The van der Waals surface area contributed by atoms with Crippen molar-refractivity contribution in [3.05, 3.63) is 35.3 Å². The predicted molar refractivity (Wildman–Crippen MR) is 90.0 cm³/mol. The van der Waals surface area contributed by atoms with Crippen LogP contribution in [0.15, 0.2) is 29.6 Å². The molecule has 0 radical (unpaired) electrons. The van der Waals surface area contributed by atoms with E-state index < -0.39 is 0 Å². The summed E-state index contributed by atoms with van der Waals surface area (Å²) in [4.78, 5) is 16.6. The molecule has 0 unspecified atom stereocenters. The number of aromatic nitrogens is 1. The van der Waals surface area contributed by atoms with Gasteiger partial charge in [0.05, 0.1) is 13.2 Å². The topological polar surface area (TPSA) is 60.5 Å². The van der Waals surface area contributed by atoms with E-state index in [1.165, 1.54) is 11.3 Å². The van der Waals surface area contributed by atoms with E-state index in [9.17, 15) is 4.79 Å². The predicted octanol–water partition coefficient (Wildman–Crippen LogP) is 2.98.